The molecule has 2 aromatic heterocycles. The molecule has 2 aromatic carbocycles. The number of hydrogen-bond donors (Lipinski definition) is 2. The standard InChI is InChI=1S/C49H60ClF2N4O8PS/c1-28(2)53-48-55-39(27-66-48)38-22-43(33-18-19-42(62-4)45(50)46(33)54-38)63-32-20-40-41(57)24-49(65(60,61)26-35-36(51)16-11-17-37(35)52)23-30(49)13-8-6-5-7-12-29(3)34(47(59)56(40)25-32)21-44(58)64-31-14-9-10-15-31/h11,16-19,22,27-32,34,40H,5-10,12-15,20-21,23-26H2,1-4H3,(H,53,55)(H,60,61)/t29-,30+,32-,34+,40+,49-/m1/s1. The van der Waals surface area contributed by atoms with Gasteiger partial charge in [0.25, 0.3) is 0 Å². The zero-order valence-corrected chi connectivity index (χ0v) is 40.5. The Morgan fingerprint density at radius 2 is 1.71 bits per heavy atom. The van der Waals surface area contributed by atoms with E-state index in [0.717, 1.165) is 63.5 Å². The first kappa shape index (κ1) is 48.3. The van der Waals surface area contributed by atoms with E-state index in [-0.39, 0.29) is 67.1 Å². The molecule has 4 heterocycles. The van der Waals surface area contributed by atoms with Crippen LogP contribution in [0.4, 0.5) is 13.9 Å². The highest BCUT2D eigenvalue weighted by Crippen LogP contribution is 2.75. The van der Waals surface area contributed by atoms with Crippen LogP contribution in [0, 0.1) is 29.4 Å². The predicted octanol–water partition coefficient (Wildman–Crippen LogP) is 11.1. The number of carbonyl (C=O) groups excluding carboxylic acids is 3. The maximum atomic E-state index is 15.2. The van der Waals surface area contributed by atoms with Crippen molar-refractivity contribution in [2.75, 3.05) is 19.0 Å². The molecule has 2 saturated heterocycles. The van der Waals surface area contributed by atoms with Crippen LogP contribution in [0.15, 0.2) is 41.8 Å². The number of ether oxygens (including phenoxy) is 3. The Morgan fingerprint density at radius 3 is 2.42 bits per heavy atom. The number of hydrogen-bond acceptors (Lipinski definition) is 11. The number of ketones is 1. The molecular formula is C49H60ClF2N4O8PS. The lowest BCUT2D eigenvalue weighted by molar-refractivity contribution is -0.155. The van der Waals surface area contributed by atoms with E-state index in [9.17, 15) is 14.3 Å². The van der Waals surface area contributed by atoms with E-state index in [1.54, 1.807) is 18.2 Å². The lowest BCUT2D eigenvalue weighted by Gasteiger charge is -2.32. The van der Waals surface area contributed by atoms with Crippen LogP contribution in [-0.2, 0) is 29.8 Å². The molecule has 66 heavy (non-hydrogen) atoms. The van der Waals surface area contributed by atoms with Crippen LogP contribution in [0.5, 0.6) is 11.5 Å². The second-order valence-electron chi connectivity index (χ2n) is 19.2. The summed E-state index contributed by atoms with van der Waals surface area (Å²) in [6, 6.07) is 7.63. The van der Waals surface area contributed by atoms with E-state index in [1.165, 1.54) is 29.4 Å². The monoisotopic (exact) mass is 968 g/mol. The molecule has 2 aliphatic heterocycles. The number of carbonyl (C=O) groups is 3. The summed E-state index contributed by atoms with van der Waals surface area (Å²) in [5.41, 5.74) is 0.969. The van der Waals surface area contributed by atoms with E-state index in [4.69, 9.17) is 35.8 Å². The Hall–Kier alpha value is -4.17. The fourth-order valence-electron chi connectivity index (χ4n) is 10.5. The summed E-state index contributed by atoms with van der Waals surface area (Å²) in [6.45, 7) is 5.98. The highest BCUT2D eigenvalue weighted by molar-refractivity contribution is 7.59. The summed E-state index contributed by atoms with van der Waals surface area (Å²) in [6.07, 6.45) is 6.10. The van der Waals surface area contributed by atoms with Crippen LogP contribution in [0.1, 0.15) is 116 Å². The van der Waals surface area contributed by atoms with E-state index in [1.807, 2.05) is 26.2 Å². The van der Waals surface area contributed by atoms with Gasteiger partial charge in [0.05, 0.1) is 54.6 Å². The van der Waals surface area contributed by atoms with Crippen LogP contribution in [0.25, 0.3) is 22.3 Å². The first-order valence-electron chi connectivity index (χ1n) is 23.4. The number of aromatic nitrogens is 2. The van der Waals surface area contributed by atoms with Crippen molar-refractivity contribution in [3.8, 4) is 22.9 Å². The normalized spacial score (nSPS) is 26.3. The largest absolute Gasteiger partial charge is 0.495 e. The third-order valence-corrected chi connectivity index (χ3v) is 18.2. The van der Waals surface area contributed by atoms with Gasteiger partial charge in [0.15, 0.2) is 10.9 Å². The second-order valence-corrected chi connectivity index (χ2v) is 23.0. The van der Waals surface area contributed by atoms with Gasteiger partial charge < -0.3 is 29.3 Å². The first-order valence-corrected chi connectivity index (χ1v) is 26.5. The lowest BCUT2D eigenvalue weighted by Crippen LogP contribution is -2.46. The average molecular weight is 970 g/mol. The topological polar surface area (TPSA) is 157 Å². The number of esters is 1. The molecule has 2 aliphatic carbocycles. The van der Waals surface area contributed by atoms with Crippen molar-refractivity contribution < 1.29 is 46.8 Å². The van der Waals surface area contributed by atoms with Crippen molar-refractivity contribution in [1.29, 1.82) is 0 Å². The van der Waals surface area contributed by atoms with E-state index in [2.05, 4.69) is 5.32 Å². The van der Waals surface area contributed by atoms with Gasteiger partial charge in [-0.3, -0.25) is 18.9 Å². The Morgan fingerprint density at radius 1 is 1.00 bits per heavy atom. The van der Waals surface area contributed by atoms with Crippen LogP contribution < -0.4 is 14.8 Å². The molecule has 7 atom stereocenters. The summed E-state index contributed by atoms with van der Waals surface area (Å²) in [7, 11) is -2.94. The van der Waals surface area contributed by atoms with E-state index in [0.29, 0.717) is 51.8 Å². The van der Waals surface area contributed by atoms with Crippen molar-refractivity contribution in [3.63, 3.8) is 0 Å². The number of nitrogens with one attached hydrogen (secondary N) is 1. The van der Waals surface area contributed by atoms with Gasteiger partial charge >= 0.3 is 5.97 Å². The Balaban J connectivity index is 1.16. The van der Waals surface area contributed by atoms with Crippen molar-refractivity contribution in [2.24, 2.45) is 17.8 Å². The summed E-state index contributed by atoms with van der Waals surface area (Å²) in [5.74, 6) is -3.66. The predicted molar refractivity (Wildman–Crippen MR) is 251 cm³/mol. The quantitative estimate of drug-likeness (QED) is 0.103. The summed E-state index contributed by atoms with van der Waals surface area (Å²) in [5, 5.41) is 5.30. The molecule has 0 spiro atoms. The summed E-state index contributed by atoms with van der Waals surface area (Å²) in [4.78, 5) is 67.0. The number of Topliss-reactive ketones (excluding diaryl/α,β-unsaturated/α-hetero) is 1. The van der Waals surface area contributed by atoms with Crippen LogP contribution >= 0.6 is 30.3 Å². The highest BCUT2D eigenvalue weighted by atomic mass is 35.5. The minimum atomic E-state index is -4.45. The van der Waals surface area contributed by atoms with Gasteiger partial charge in [0.1, 0.15) is 46.1 Å². The Kier molecular flexibility index (Phi) is 14.8. The van der Waals surface area contributed by atoms with Crippen LogP contribution in [0.3, 0.4) is 0 Å². The van der Waals surface area contributed by atoms with Gasteiger partial charge in [-0.2, -0.15) is 0 Å². The van der Waals surface area contributed by atoms with Crippen molar-refractivity contribution in [1.82, 2.24) is 14.9 Å². The van der Waals surface area contributed by atoms with E-state index < -0.39 is 65.7 Å². The van der Waals surface area contributed by atoms with Gasteiger partial charge in [-0.25, -0.2) is 18.7 Å². The van der Waals surface area contributed by atoms with Crippen molar-refractivity contribution in [3.05, 3.63) is 64.0 Å². The number of fused-ring (bicyclic) bond motifs is 3. The molecule has 1 unspecified atom stereocenters. The fraction of sp³-hybridized carbons (Fsp3) is 0.571. The molecule has 0 radical (unpaired) electrons. The molecule has 4 aromatic rings. The Labute approximate surface area is 394 Å². The van der Waals surface area contributed by atoms with Gasteiger partial charge in [-0.15, -0.1) is 11.3 Å². The molecule has 2 N–H and O–H groups in total. The average Bonchev–Trinajstić information content (AvgIpc) is 3.69. The van der Waals surface area contributed by atoms with Crippen molar-refractivity contribution >= 4 is 64.0 Å². The Bertz CT molecular complexity index is 2480. The lowest BCUT2D eigenvalue weighted by atomic mass is 9.85. The third-order valence-electron chi connectivity index (χ3n) is 14.2. The number of rotatable bonds is 12. The molecule has 17 heteroatoms. The number of halogens is 3. The number of anilines is 1. The van der Waals surface area contributed by atoms with Crippen LogP contribution in [0.2, 0.25) is 5.02 Å². The molecule has 4 fully saturated rings. The molecule has 0 bridgehead atoms. The minimum Gasteiger partial charge on any atom is -0.495 e. The molecule has 2 saturated carbocycles. The van der Waals surface area contributed by atoms with Crippen LogP contribution in [-0.4, -0.2) is 80.5 Å². The number of methoxy groups -OCH3 is 1. The van der Waals surface area contributed by atoms with E-state index >= 15 is 18.4 Å². The first-order chi connectivity index (χ1) is 31.6. The highest BCUT2D eigenvalue weighted by Gasteiger charge is 2.66. The summed E-state index contributed by atoms with van der Waals surface area (Å²) >= 11 is 8.32. The third kappa shape index (κ3) is 10.3. The second kappa shape index (κ2) is 20.2. The van der Waals surface area contributed by atoms with Gasteiger partial charge in [-0.1, -0.05) is 50.3 Å². The number of thiazole rings is 1. The molecular weight excluding hydrogens is 909 g/mol. The number of nitrogens with zero attached hydrogens (tertiary/aromatic N) is 3. The molecule has 1 amide bonds. The molecule has 356 valence electrons. The zero-order chi connectivity index (χ0) is 46.9. The smallest absolute Gasteiger partial charge is 0.306 e. The number of pyridine rings is 1. The maximum Gasteiger partial charge on any atom is 0.306 e. The fourth-order valence-corrected chi connectivity index (χ4v) is 14.3. The maximum absolute atomic E-state index is 15.2. The van der Waals surface area contributed by atoms with Gasteiger partial charge in [0, 0.05) is 41.3 Å². The number of benzene rings is 2. The van der Waals surface area contributed by atoms with Gasteiger partial charge in [-0.05, 0) is 94.9 Å². The zero-order valence-electron chi connectivity index (χ0n) is 38.0. The molecule has 4 aliphatic rings. The van der Waals surface area contributed by atoms with Gasteiger partial charge in [0.2, 0.25) is 13.3 Å². The molecule has 12 nitrogen and oxygen atoms in total. The summed E-state index contributed by atoms with van der Waals surface area (Å²) < 4.78 is 63.0. The molecule has 8 rings (SSSR count). The SMILES string of the molecule is COc1ccc2c(O[C@@H]3C[C@H]4C(=O)C[C@]5(P(=O)(O)Cc6c(F)cccc6F)C[C@@H]5CCCCCC[C@@H](C)[C@H](CC(=O)OC5CCCC5)C(=O)N4C3)cc(-c3csc(NC(C)C)n3)nc2c1Cl. The van der Waals surface area contributed by atoms with Crippen molar-refractivity contribution in [2.45, 2.75) is 146 Å². The number of amides is 1. The minimum absolute atomic E-state index is 0.0218.